The quantitative estimate of drug-likeness (QED) is 0.907. The molecule has 0 fully saturated rings. The van der Waals surface area contributed by atoms with Gasteiger partial charge < -0.3 is 9.88 Å². The Kier molecular flexibility index (Phi) is 3.94. The van der Waals surface area contributed by atoms with Gasteiger partial charge in [0.15, 0.2) is 0 Å². The van der Waals surface area contributed by atoms with Crippen LogP contribution in [0.15, 0.2) is 30.7 Å². The number of nitrogens with zero attached hydrogens (tertiary/aromatic N) is 2. The van der Waals surface area contributed by atoms with Gasteiger partial charge in [0, 0.05) is 29.6 Å². The van der Waals surface area contributed by atoms with Crippen LogP contribution in [0.1, 0.15) is 43.9 Å². The van der Waals surface area contributed by atoms with Gasteiger partial charge in [0.05, 0.1) is 11.9 Å². The highest BCUT2D eigenvalue weighted by Crippen LogP contribution is 2.42. The summed E-state index contributed by atoms with van der Waals surface area (Å²) >= 11 is 6.62. The number of hydrogen-bond acceptors (Lipinski definition) is 2. The van der Waals surface area contributed by atoms with Crippen LogP contribution in [0.3, 0.4) is 0 Å². The van der Waals surface area contributed by atoms with Gasteiger partial charge >= 0.3 is 0 Å². The molecule has 4 heteroatoms. The first kappa shape index (κ1) is 14.5. The van der Waals surface area contributed by atoms with Gasteiger partial charge in [-0.3, -0.25) is 0 Å². The molecule has 1 aromatic carbocycles. The van der Waals surface area contributed by atoms with E-state index in [1.807, 2.05) is 25.6 Å². The summed E-state index contributed by atoms with van der Waals surface area (Å²) in [5, 5.41) is 3.99. The van der Waals surface area contributed by atoms with Crippen LogP contribution in [0.4, 0.5) is 5.69 Å². The minimum atomic E-state index is -0.0638. The minimum absolute atomic E-state index is 0.0638. The van der Waals surface area contributed by atoms with Crippen molar-refractivity contribution >= 4 is 17.3 Å². The maximum Gasteiger partial charge on any atom is 0.0956 e. The van der Waals surface area contributed by atoms with Gasteiger partial charge in [-0.25, -0.2) is 4.98 Å². The highest BCUT2D eigenvalue weighted by Gasteiger charge is 2.36. The minimum Gasteiger partial charge on any atom is -0.388 e. The molecule has 0 radical (unpaired) electrons. The van der Waals surface area contributed by atoms with Gasteiger partial charge in [0.2, 0.25) is 0 Å². The molecular weight excluding hydrogens is 282 g/mol. The topological polar surface area (TPSA) is 29.9 Å². The Labute approximate surface area is 131 Å². The SMILES string of the molecule is CCC1(c2ccc(NC)cc2Cl)CCCCc2cncn21. The zero-order chi connectivity index (χ0) is 14.9. The number of fused-ring (bicyclic) bond motifs is 1. The fraction of sp³-hybridized carbons (Fsp3) is 0.471. The summed E-state index contributed by atoms with van der Waals surface area (Å²) in [4.78, 5) is 4.39. The predicted molar refractivity (Wildman–Crippen MR) is 88.1 cm³/mol. The third-order valence-electron chi connectivity index (χ3n) is 4.79. The van der Waals surface area contributed by atoms with E-state index in [0.29, 0.717) is 0 Å². The first-order valence-electron chi connectivity index (χ1n) is 7.71. The van der Waals surface area contributed by atoms with E-state index in [9.17, 15) is 0 Å². The smallest absolute Gasteiger partial charge is 0.0956 e. The molecule has 1 aliphatic rings. The van der Waals surface area contributed by atoms with Crippen LogP contribution in [0.2, 0.25) is 5.02 Å². The van der Waals surface area contributed by atoms with E-state index in [0.717, 1.165) is 30.0 Å². The molecule has 2 heterocycles. The number of aryl methyl sites for hydroxylation is 1. The second-order valence-electron chi connectivity index (χ2n) is 5.79. The number of imidazole rings is 1. The van der Waals surface area contributed by atoms with Crippen molar-refractivity contribution in [3.63, 3.8) is 0 Å². The van der Waals surface area contributed by atoms with Gasteiger partial charge in [0.25, 0.3) is 0 Å². The number of hydrogen-bond donors (Lipinski definition) is 1. The van der Waals surface area contributed by atoms with Crippen molar-refractivity contribution in [2.75, 3.05) is 12.4 Å². The second kappa shape index (κ2) is 5.72. The van der Waals surface area contributed by atoms with Crippen LogP contribution >= 0.6 is 11.6 Å². The van der Waals surface area contributed by atoms with Crippen molar-refractivity contribution in [1.82, 2.24) is 9.55 Å². The van der Waals surface area contributed by atoms with Gasteiger partial charge in [0.1, 0.15) is 0 Å². The number of aromatic nitrogens is 2. The molecule has 1 aliphatic heterocycles. The first-order valence-corrected chi connectivity index (χ1v) is 8.08. The normalized spacial score (nSPS) is 21.7. The Bertz CT molecular complexity index is 635. The number of benzene rings is 1. The standard InChI is InChI=1S/C17H22ClN3/c1-3-17(15-8-7-13(19-2)10-16(15)18)9-5-4-6-14-11-20-12-21(14)17/h7-8,10-12,19H,3-6,9H2,1-2H3. The predicted octanol–water partition coefficient (Wildman–Crippen LogP) is 4.46. The van der Waals surface area contributed by atoms with Crippen LogP contribution in [0.25, 0.3) is 0 Å². The van der Waals surface area contributed by atoms with Crippen LogP contribution in [-0.4, -0.2) is 16.6 Å². The average molecular weight is 304 g/mol. The molecule has 3 nitrogen and oxygen atoms in total. The third-order valence-corrected chi connectivity index (χ3v) is 5.11. The number of rotatable bonds is 3. The second-order valence-corrected chi connectivity index (χ2v) is 6.20. The highest BCUT2D eigenvalue weighted by atomic mass is 35.5. The van der Waals surface area contributed by atoms with Gasteiger partial charge in [-0.05, 0) is 43.4 Å². The summed E-state index contributed by atoms with van der Waals surface area (Å²) in [5.41, 5.74) is 3.52. The maximum absolute atomic E-state index is 6.62. The molecule has 112 valence electrons. The lowest BCUT2D eigenvalue weighted by atomic mass is 9.82. The van der Waals surface area contributed by atoms with E-state index in [1.54, 1.807) is 0 Å². The Hall–Kier alpha value is -1.48. The summed E-state index contributed by atoms with van der Waals surface area (Å²) in [6, 6.07) is 6.31. The molecule has 2 aromatic rings. The van der Waals surface area contributed by atoms with E-state index < -0.39 is 0 Å². The fourth-order valence-electron chi connectivity index (χ4n) is 3.59. The highest BCUT2D eigenvalue weighted by molar-refractivity contribution is 6.31. The number of halogens is 1. The lowest BCUT2D eigenvalue weighted by Crippen LogP contribution is -2.34. The summed E-state index contributed by atoms with van der Waals surface area (Å²) < 4.78 is 2.36. The molecule has 1 N–H and O–H groups in total. The van der Waals surface area contributed by atoms with Crippen LogP contribution in [-0.2, 0) is 12.0 Å². The molecule has 1 aromatic heterocycles. The Balaban J connectivity index is 2.17. The third kappa shape index (κ3) is 2.34. The van der Waals surface area contributed by atoms with Crippen molar-refractivity contribution in [3.05, 3.63) is 47.0 Å². The molecule has 0 amide bonds. The van der Waals surface area contributed by atoms with Crippen LogP contribution < -0.4 is 5.32 Å². The van der Waals surface area contributed by atoms with Crippen molar-refractivity contribution < 1.29 is 0 Å². The average Bonchev–Trinajstić information content (AvgIpc) is 2.90. The van der Waals surface area contributed by atoms with Gasteiger partial charge in [-0.1, -0.05) is 31.0 Å². The van der Waals surface area contributed by atoms with Gasteiger partial charge in [-0.2, -0.15) is 0 Å². The van der Waals surface area contributed by atoms with E-state index in [2.05, 4.69) is 33.9 Å². The lowest BCUT2D eigenvalue weighted by molar-refractivity contribution is 0.313. The molecule has 0 aliphatic carbocycles. The number of anilines is 1. The molecule has 0 bridgehead atoms. The largest absolute Gasteiger partial charge is 0.388 e. The Morgan fingerprint density at radius 1 is 1.38 bits per heavy atom. The Morgan fingerprint density at radius 2 is 2.24 bits per heavy atom. The van der Waals surface area contributed by atoms with Crippen molar-refractivity contribution in [2.24, 2.45) is 0 Å². The monoisotopic (exact) mass is 303 g/mol. The van der Waals surface area contributed by atoms with Crippen LogP contribution in [0, 0.1) is 0 Å². The Morgan fingerprint density at radius 3 is 2.95 bits per heavy atom. The zero-order valence-corrected chi connectivity index (χ0v) is 13.5. The molecular formula is C17H22ClN3. The lowest BCUT2D eigenvalue weighted by Gasteiger charge is -2.36. The van der Waals surface area contributed by atoms with E-state index in [-0.39, 0.29) is 5.54 Å². The summed E-state index contributed by atoms with van der Waals surface area (Å²) in [6.45, 7) is 2.25. The summed E-state index contributed by atoms with van der Waals surface area (Å²) in [6.07, 6.45) is 9.67. The zero-order valence-electron chi connectivity index (χ0n) is 12.7. The van der Waals surface area contributed by atoms with Crippen molar-refractivity contribution in [3.8, 4) is 0 Å². The van der Waals surface area contributed by atoms with Gasteiger partial charge in [-0.15, -0.1) is 0 Å². The summed E-state index contributed by atoms with van der Waals surface area (Å²) in [7, 11) is 1.92. The molecule has 1 atom stereocenters. The summed E-state index contributed by atoms with van der Waals surface area (Å²) in [5.74, 6) is 0. The van der Waals surface area contributed by atoms with Crippen LogP contribution in [0.5, 0.6) is 0 Å². The van der Waals surface area contributed by atoms with Crippen molar-refractivity contribution in [2.45, 2.75) is 44.6 Å². The van der Waals surface area contributed by atoms with E-state index >= 15 is 0 Å². The molecule has 1 unspecified atom stereocenters. The first-order chi connectivity index (χ1) is 10.2. The molecule has 0 spiro atoms. The molecule has 21 heavy (non-hydrogen) atoms. The molecule has 0 saturated carbocycles. The fourth-order valence-corrected chi connectivity index (χ4v) is 3.94. The van der Waals surface area contributed by atoms with E-state index in [1.165, 1.54) is 24.1 Å². The molecule has 3 rings (SSSR count). The van der Waals surface area contributed by atoms with Crippen molar-refractivity contribution in [1.29, 1.82) is 0 Å². The maximum atomic E-state index is 6.62. The van der Waals surface area contributed by atoms with E-state index in [4.69, 9.17) is 11.6 Å². The molecule has 0 saturated heterocycles. The number of nitrogens with one attached hydrogen (secondary N) is 1.